The van der Waals surface area contributed by atoms with Gasteiger partial charge in [0.1, 0.15) is 17.3 Å². The van der Waals surface area contributed by atoms with Crippen LogP contribution in [0.25, 0.3) is 0 Å². The van der Waals surface area contributed by atoms with E-state index in [1.165, 1.54) is 6.07 Å². The molecule has 1 unspecified atom stereocenters. The van der Waals surface area contributed by atoms with Gasteiger partial charge < -0.3 is 10.5 Å². The van der Waals surface area contributed by atoms with Gasteiger partial charge in [0, 0.05) is 16.6 Å². The van der Waals surface area contributed by atoms with Gasteiger partial charge in [-0.15, -0.1) is 0 Å². The van der Waals surface area contributed by atoms with Crippen molar-refractivity contribution in [2.75, 3.05) is 0 Å². The Kier molecular flexibility index (Phi) is 4.31. The quantitative estimate of drug-likeness (QED) is 0.873. The Hall–Kier alpha value is -1.58. The molecule has 2 aromatic carbocycles. The maximum Gasteiger partial charge on any atom is 0.135 e. The Balaban J connectivity index is 2.48. The average molecular weight is 294 g/mol. The zero-order chi connectivity index (χ0) is 14.9. The van der Waals surface area contributed by atoms with Crippen LogP contribution in [0.5, 0.6) is 11.5 Å². The summed E-state index contributed by atoms with van der Waals surface area (Å²) in [6.07, 6.45) is 0. The van der Waals surface area contributed by atoms with E-state index in [1.807, 2.05) is 26.0 Å². The molecular weight excluding hydrogens is 277 g/mol. The van der Waals surface area contributed by atoms with Crippen LogP contribution in [0.2, 0.25) is 5.02 Å². The summed E-state index contributed by atoms with van der Waals surface area (Å²) >= 11 is 6.00. The van der Waals surface area contributed by atoms with Gasteiger partial charge in [-0.1, -0.05) is 17.7 Å². The van der Waals surface area contributed by atoms with Crippen molar-refractivity contribution in [1.82, 2.24) is 0 Å². The fraction of sp³-hybridized carbons (Fsp3) is 0.250. The van der Waals surface area contributed by atoms with Crippen LogP contribution >= 0.6 is 11.6 Å². The molecule has 0 amide bonds. The molecule has 106 valence electrons. The maximum absolute atomic E-state index is 13.9. The predicted octanol–water partition coefficient (Wildman–Crippen LogP) is 4.91. The maximum atomic E-state index is 13.9. The summed E-state index contributed by atoms with van der Waals surface area (Å²) in [4.78, 5) is 0. The summed E-state index contributed by atoms with van der Waals surface area (Å²) < 4.78 is 19.8. The molecule has 0 aliphatic heterocycles. The summed E-state index contributed by atoms with van der Waals surface area (Å²) in [6, 6.07) is 7.89. The minimum atomic E-state index is -0.445. The Morgan fingerprint density at radius 3 is 2.35 bits per heavy atom. The van der Waals surface area contributed by atoms with Crippen molar-refractivity contribution in [3.63, 3.8) is 0 Å². The monoisotopic (exact) mass is 293 g/mol. The van der Waals surface area contributed by atoms with Gasteiger partial charge in [0.2, 0.25) is 0 Å². The second-order valence-corrected chi connectivity index (χ2v) is 5.35. The molecule has 0 heterocycles. The van der Waals surface area contributed by atoms with Gasteiger partial charge in [-0.05, 0) is 56.2 Å². The highest BCUT2D eigenvalue weighted by Crippen LogP contribution is 2.35. The van der Waals surface area contributed by atoms with Gasteiger partial charge in [-0.25, -0.2) is 4.39 Å². The van der Waals surface area contributed by atoms with Gasteiger partial charge in [0.25, 0.3) is 0 Å². The van der Waals surface area contributed by atoms with E-state index in [9.17, 15) is 4.39 Å². The molecule has 4 heteroatoms. The molecular formula is C16H17ClFNO. The van der Waals surface area contributed by atoms with Crippen molar-refractivity contribution in [1.29, 1.82) is 0 Å². The number of benzene rings is 2. The van der Waals surface area contributed by atoms with Crippen molar-refractivity contribution in [2.45, 2.75) is 26.8 Å². The molecule has 0 radical (unpaired) electrons. The number of ether oxygens (including phenoxy) is 1. The molecule has 2 rings (SSSR count). The lowest BCUT2D eigenvalue weighted by molar-refractivity contribution is 0.454. The van der Waals surface area contributed by atoms with E-state index in [0.29, 0.717) is 22.1 Å². The molecule has 2 nitrogen and oxygen atoms in total. The van der Waals surface area contributed by atoms with Crippen molar-refractivity contribution in [3.05, 3.63) is 57.9 Å². The van der Waals surface area contributed by atoms with E-state index in [-0.39, 0.29) is 5.82 Å². The second kappa shape index (κ2) is 5.81. The van der Waals surface area contributed by atoms with Crippen LogP contribution in [0.1, 0.15) is 29.7 Å². The van der Waals surface area contributed by atoms with Crippen molar-refractivity contribution in [2.24, 2.45) is 5.73 Å². The first-order chi connectivity index (χ1) is 9.40. The molecule has 2 aromatic rings. The molecule has 0 fully saturated rings. The molecule has 0 spiro atoms. The predicted molar refractivity (Wildman–Crippen MR) is 80.0 cm³/mol. The summed E-state index contributed by atoms with van der Waals surface area (Å²) in [5.74, 6) is 0.761. The van der Waals surface area contributed by atoms with Crippen LogP contribution in [-0.2, 0) is 0 Å². The van der Waals surface area contributed by atoms with Crippen LogP contribution in [0.15, 0.2) is 30.3 Å². The summed E-state index contributed by atoms with van der Waals surface area (Å²) in [7, 11) is 0. The normalized spacial score (nSPS) is 12.3. The first-order valence-electron chi connectivity index (χ1n) is 6.38. The van der Waals surface area contributed by atoms with Crippen LogP contribution in [0.3, 0.4) is 0 Å². The first-order valence-corrected chi connectivity index (χ1v) is 6.76. The average Bonchev–Trinajstić information content (AvgIpc) is 2.33. The number of rotatable bonds is 3. The van der Waals surface area contributed by atoms with Gasteiger partial charge in [-0.2, -0.15) is 0 Å². The lowest BCUT2D eigenvalue weighted by Crippen LogP contribution is -2.09. The largest absolute Gasteiger partial charge is 0.456 e. The van der Waals surface area contributed by atoms with Gasteiger partial charge in [0.05, 0.1) is 0 Å². The topological polar surface area (TPSA) is 35.2 Å². The van der Waals surface area contributed by atoms with Crippen molar-refractivity contribution in [3.8, 4) is 11.5 Å². The van der Waals surface area contributed by atoms with E-state index in [0.717, 1.165) is 11.1 Å². The van der Waals surface area contributed by atoms with Crippen LogP contribution < -0.4 is 10.5 Å². The zero-order valence-electron chi connectivity index (χ0n) is 11.7. The standard InChI is InChI=1S/C16H17ClFNO/c1-9-7-12(17)8-10(2)16(9)20-14-6-4-5-13(18)15(14)11(3)19/h4-8,11H,19H2,1-3H3. The van der Waals surface area contributed by atoms with Crippen molar-refractivity contribution >= 4 is 11.6 Å². The highest BCUT2D eigenvalue weighted by Gasteiger charge is 2.16. The molecule has 0 saturated carbocycles. The molecule has 0 aliphatic rings. The van der Waals surface area contributed by atoms with Crippen molar-refractivity contribution < 1.29 is 9.13 Å². The van der Waals surface area contributed by atoms with Crippen LogP contribution in [0.4, 0.5) is 4.39 Å². The third-order valence-electron chi connectivity index (χ3n) is 3.11. The fourth-order valence-electron chi connectivity index (χ4n) is 2.22. The minimum absolute atomic E-state index is 0.359. The molecule has 1 atom stereocenters. The Labute approximate surface area is 123 Å². The van der Waals surface area contributed by atoms with Crippen LogP contribution in [0, 0.1) is 19.7 Å². The minimum Gasteiger partial charge on any atom is -0.456 e. The zero-order valence-corrected chi connectivity index (χ0v) is 12.5. The number of nitrogens with two attached hydrogens (primary N) is 1. The Morgan fingerprint density at radius 1 is 1.20 bits per heavy atom. The van der Waals surface area contributed by atoms with Gasteiger partial charge >= 0.3 is 0 Å². The SMILES string of the molecule is Cc1cc(Cl)cc(C)c1Oc1cccc(F)c1C(C)N. The number of hydrogen-bond donors (Lipinski definition) is 1. The smallest absolute Gasteiger partial charge is 0.135 e. The summed E-state index contributed by atoms with van der Waals surface area (Å²) in [5, 5.41) is 0.652. The van der Waals surface area contributed by atoms with Crippen LogP contribution in [-0.4, -0.2) is 0 Å². The first kappa shape index (κ1) is 14.8. The molecule has 0 aliphatic carbocycles. The third kappa shape index (κ3) is 2.94. The number of halogens is 2. The van der Waals surface area contributed by atoms with E-state index >= 15 is 0 Å². The Bertz CT molecular complexity index is 617. The number of hydrogen-bond acceptors (Lipinski definition) is 2. The molecule has 0 saturated heterocycles. The van der Waals surface area contributed by atoms with E-state index in [4.69, 9.17) is 22.1 Å². The van der Waals surface area contributed by atoms with E-state index < -0.39 is 6.04 Å². The third-order valence-corrected chi connectivity index (χ3v) is 3.32. The number of aryl methyl sites for hydroxylation is 2. The summed E-state index contributed by atoms with van der Waals surface area (Å²) in [5.41, 5.74) is 8.00. The molecule has 0 bridgehead atoms. The lowest BCUT2D eigenvalue weighted by Gasteiger charge is -2.17. The summed E-state index contributed by atoms with van der Waals surface area (Å²) in [6.45, 7) is 5.53. The highest BCUT2D eigenvalue weighted by molar-refractivity contribution is 6.30. The van der Waals surface area contributed by atoms with E-state index in [1.54, 1.807) is 19.1 Å². The van der Waals surface area contributed by atoms with E-state index in [2.05, 4.69) is 0 Å². The molecule has 2 N–H and O–H groups in total. The van der Waals surface area contributed by atoms with Gasteiger partial charge in [0.15, 0.2) is 0 Å². The molecule has 20 heavy (non-hydrogen) atoms. The highest BCUT2D eigenvalue weighted by atomic mass is 35.5. The Morgan fingerprint density at radius 2 is 1.80 bits per heavy atom. The lowest BCUT2D eigenvalue weighted by atomic mass is 10.1. The van der Waals surface area contributed by atoms with Gasteiger partial charge in [-0.3, -0.25) is 0 Å². The molecule has 0 aromatic heterocycles. The second-order valence-electron chi connectivity index (χ2n) is 4.91. The fourth-order valence-corrected chi connectivity index (χ4v) is 2.54.